The summed E-state index contributed by atoms with van der Waals surface area (Å²) in [5.74, 6) is -3.09. The number of ether oxygens (including phenoxy) is 2. The minimum Gasteiger partial charge on any atom is -0.478 e. The van der Waals surface area contributed by atoms with Gasteiger partial charge in [-0.05, 0) is 18.2 Å². The average molecular weight is 354 g/mol. The SMILES string of the molecule is C=Cc1cc(OC(F)(F)F)cc2c1OC(C(F)(F)F)C(C(=O)O)=C2. The van der Waals surface area contributed by atoms with Gasteiger partial charge >= 0.3 is 18.5 Å². The van der Waals surface area contributed by atoms with Gasteiger partial charge in [0.15, 0.2) is 0 Å². The van der Waals surface area contributed by atoms with Gasteiger partial charge in [0.05, 0.1) is 5.57 Å². The first kappa shape index (κ1) is 17.7. The number of halogens is 6. The molecule has 0 fully saturated rings. The van der Waals surface area contributed by atoms with Gasteiger partial charge in [-0.3, -0.25) is 0 Å². The van der Waals surface area contributed by atoms with Gasteiger partial charge in [-0.25, -0.2) is 4.79 Å². The number of carboxylic acids is 1. The molecule has 1 heterocycles. The van der Waals surface area contributed by atoms with E-state index in [-0.39, 0.29) is 11.1 Å². The number of hydrogen-bond donors (Lipinski definition) is 1. The van der Waals surface area contributed by atoms with Crippen molar-refractivity contribution in [2.24, 2.45) is 0 Å². The molecule has 10 heteroatoms. The molecule has 4 nitrogen and oxygen atoms in total. The van der Waals surface area contributed by atoms with Crippen molar-refractivity contribution in [2.75, 3.05) is 0 Å². The van der Waals surface area contributed by atoms with E-state index in [4.69, 9.17) is 9.84 Å². The van der Waals surface area contributed by atoms with E-state index in [0.29, 0.717) is 6.08 Å². The summed E-state index contributed by atoms with van der Waals surface area (Å²) in [6, 6.07) is 1.51. The zero-order valence-corrected chi connectivity index (χ0v) is 11.5. The summed E-state index contributed by atoms with van der Waals surface area (Å²) in [5.41, 5.74) is -1.67. The molecule has 0 saturated carbocycles. The topological polar surface area (TPSA) is 55.8 Å². The maximum Gasteiger partial charge on any atom is 0.573 e. The fourth-order valence-electron chi connectivity index (χ4n) is 2.08. The fraction of sp³-hybridized carbons (Fsp3) is 0.214. The molecule has 1 aliphatic heterocycles. The highest BCUT2D eigenvalue weighted by atomic mass is 19.4. The lowest BCUT2D eigenvalue weighted by Gasteiger charge is -2.28. The summed E-state index contributed by atoms with van der Waals surface area (Å²) in [6.07, 6.45) is -11.3. The highest BCUT2D eigenvalue weighted by Crippen LogP contribution is 2.42. The van der Waals surface area contributed by atoms with E-state index in [1.165, 1.54) is 0 Å². The van der Waals surface area contributed by atoms with Crippen molar-refractivity contribution in [3.8, 4) is 11.5 Å². The molecule has 2 rings (SSSR count). The summed E-state index contributed by atoms with van der Waals surface area (Å²) in [7, 11) is 0. The minimum atomic E-state index is -5.03. The predicted molar refractivity (Wildman–Crippen MR) is 69.3 cm³/mol. The zero-order chi connectivity index (χ0) is 18.3. The first-order valence-corrected chi connectivity index (χ1v) is 6.17. The summed E-state index contributed by atoms with van der Waals surface area (Å²) in [6.45, 7) is 3.28. The van der Waals surface area contributed by atoms with E-state index in [9.17, 15) is 31.1 Å². The quantitative estimate of drug-likeness (QED) is 0.833. The highest BCUT2D eigenvalue weighted by Gasteiger charge is 2.48. The number of carboxylic acid groups (broad SMARTS) is 1. The summed E-state index contributed by atoms with van der Waals surface area (Å²) in [4.78, 5) is 11.0. The van der Waals surface area contributed by atoms with Crippen molar-refractivity contribution in [3.05, 3.63) is 35.4 Å². The Hall–Kier alpha value is -2.65. The molecule has 1 unspecified atom stereocenters. The molecule has 1 aromatic carbocycles. The van der Waals surface area contributed by atoms with Crippen molar-refractivity contribution in [1.82, 2.24) is 0 Å². The minimum absolute atomic E-state index is 0.207. The van der Waals surface area contributed by atoms with Gasteiger partial charge in [-0.2, -0.15) is 13.2 Å². The van der Waals surface area contributed by atoms with Crippen LogP contribution in [0.5, 0.6) is 11.5 Å². The standard InChI is InChI=1S/C14H8F6O4/c1-2-6-3-8(24-14(18,19)20)4-7-5-9(12(21)22)11(13(15,16)17)23-10(6)7/h2-5,11H,1H2,(H,21,22). The highest BCUT2D eigenvalue weighted by molar-refractivity contribution is 5.95. The Labute approximate surface area is 130 Å². The molecular weight excluding hydrogens is 346 g/mol. The van der Waals surface area contributed by atoms with Crippen LogP contribution in [-0.2, 0) is 4.79 Å². The number of benzene rings is 1. The van der Waals surface area contributed by atoms with Gasteiger partial charge in [-0.15, -0.1) is 13.2 Å². The van der Waals surface area contributed by atoms with Crippen LogP contribution in [0.15, 0.2) is 24.3 Å². The number of rotatable bonds is 3. The maximum absolute atomic E-state index is 13.0. The Balaban J connectivity index is 2.60. The number of aliphatic carboxylic acids is 1. The molecule has 0 aromatic heterocycles. The number of hydrogen-bond acceptors (Lipinski definition) is 3. The van der Waals surface area contributed by atoms with Crippen LogP contribution in [0.1, 0.15) is 11.1 Å². The van der Waals surface area contributed by atoms with Gasteiger partial charge in [0.1, 0.15) is 11.5 Å². The van der Waals surface area contributed by atoms with E-state index in [1.807, 2.05) is 0 Å². The number of fused-ring (bicyclic) bond motifs is 1. The first-order chi connectivity index (χ1) is 10.9. The average Bonchev–Trinajstić information content (AvgIpc) is 2.42. The second-order valence-electron chi connectivity index (χ2n) is 4.63. The van der Waals surface area contributed by atoms with Gasteiger partial charge in [-0.1, -0.05) is 12.7 Å². The molecule has 0 aliphatic carbocycles. The maximum atomic E-state index is 13.0. The van der Waals surface area contributed by atoms with Gasteiger partial charge in [0.2, 0.25) is 6.10 Å². The molecule has 1 atom stereocenters. The van der Waals surface area contributed by atoms with Crippen LogP contribution in [0.3, 0.4) is 0 Å². The smallest absolute Gasteiger partial charge is 0.478 e. The van der Waals surface area contributed by atoms with Crippen LogP contribution < -0.4 is 9.47 Å². The van der Waals surface area contributed by atoms with E-state index in [2.05, 4.69) is 11.3 Å². The van der Waals surface area contributed by atoms with Gasteiger partial charge in [0, 0.05) is 11.1 Å². The van der Waals surface area contributed by atoms with E-state index in [1.54, 1.807) is 0 Å². The normalized spacial score (nSPS) is 17.4. The second kappa shape index (κ2) is 5.77. The van der Waals surface area contributed by atoms with Crippen molar-refractivity contribution in [3.63, 3.8) is 0 Å². The third-order valence-corrected chi connectivity index (χ3v) is 2.95. The van der Waals surface area contributed by atoms with Crippen LogP contribution in [0, 0.1) is 0 Å². The Kier molecular flexibility index (Phi) is 4.25. The predicted octanol–water partition coefficient (Wildman–Crippen LogP) is 4.02. The van der Waals surface area contributed by atoms with Crippen LogP contribution in [0.25, 0.3) is 12.2 Å². The Morgan fingerprint density at radius 2 is 1.88 bits per heavy atom. The van der Waals surface area contributed by atoms with Crippen LogP contribution in [0.2, 0.25) is 0 Å². The van der Waals surface area contributed by atoms with Crippen molar-refractivity contribution in [2.45, 2.75) is 18.6 Å². The fourth-order valence-corrected chi connectivity index (χ4v) is 2.08. The summed E-state index contributed by atoms with van der Waals surface area (Å²) < 4.78 is 84.1. The van der Waals surface area contributed by atoms with Crippen molar-refractivity contribution >= 4 is 18.1 Å². The molecule has 0 spiro atoms. The summed E-state index contributed by atoms with van der Waals surface area (Å²) in [5, 5.41) is 8.90. The zero-order valence-electron chi connectivity index (χ0n) is 11.5. The monoisotopic (exact) mass is 354 g/mol. The molecule has 0 amide bonds. The Morgan fingerprint density at radius 1 is 1.25 bits per heavy atom. The largest absolute Gasteiger partial charge is 0.573 e. The molecule has 24 heavy (non-hydrogen) atoms. The second-order valence-corrected chi connectivity index (χ2v) is 4.63. The van der Waals surface area contributed by atoms with Crippen molar-refractivity contribution in [1.29, 1.82) is 0 Å². The number of carbonyl (C=O) groups is 1. The lowest BCUT2D eigenvalue weighted by atomic mass is 9.98. The third-order valence-electron chi connectivity index (χ3n) is 2.95. The van der Waals surface area contributed by atoms with E-state index < -0.39 is 41.7 Å². The molecule has 1 aliphatic rings. The Bertz CT molecular complexity index is 717. The lowest BCUT2D eigenvalue weighted by Crippen LogP contribution is -2.40. The van der Waals surface area contributed by atoms with E-state index >= 15 is 0 Å². The molecule has 0 radical (unpaired) electrons. The van der Waals surface area contributed by atoms with E-state index in [0.717, 1.165) is 18.2 Å². The lowest BCUT2D eigenvalue weighted by molar-refractivity contribution is -0.274. The first-order valence-electron chi connectivity index (χ1n) is 6.17. The van der Waals surface area contributed by atoms with Gasteiger partial charge < -0.3 is 14.6 Å². The third kappa shape index (κ3) is 3.63. The summed E-state index contributed by atoms with van der Waals surface area (Å²) >= 11 is 0. The van der Waals surface area contributed by atoms with Gasteiger partial charge in [0.25, 0.3) is 0 Å². The van der Waals surface area contributed by atoms with Crippen molar-refractivity contribution < 1.29 is 45.7 Å². The van der Waals surface area contributed by atoms with Crippen LogP contribution in [0.4, 0.5) is 26.3 Å². The molecule has 0 saturated heterocycles. The molecule has 1 aromatic rings. The van der Waals surface area contributed by atoms with Crippen LogP contribution >= 0.6 is 0 Å². The number of alkyl halides is 6. The Morgan fingerprint density at radius 3 is 2.33 bits per heavy atom. The van der Waals surface area contributed by atoms with Crippen LogP contribution in [-0.4, -0.2) is 29.7 Å². The molecule has 1 N–H and O–H groups in total. The molecule has 130 valence electrons. The molecular formula is C14H8F6O4. The molecule has 0 bridgehead atoms.